The number of carboxylic acid groups (broad SMARTS) is 1. The maximum Gasteiger partial charge on any atom is 0.335 e. The van der Waals surface area contributed by atoms with Crippen LogP contribution in [0.4, 0.5) is 11.4 Å². The molecule has 10 heteroatoms. The van der Waals surface area contributed by atoms with Gasteiger partial charge >= 0.3 is 5.97 Å². The molecule has 2 amide bonds. The highest BCUT2D eigenvalue weighted by atomic mass is 127. The van der Waals surface area contributed by atoms with E-state index >= 15 is 0 Å². The predicted molar refractivity (Wildman–Crippen MR) is 142 cm³/mol. The third-order valence-electron chi connectivity index (χ3n) is 4.70. The summed E-state index contributed by atoms with van der Waals surface area (Å²) in [5.74, 6) is -1.53. The molecule has 9 nitrogen and oxygen atoms in total. The standard InChI is InChI=1S/C26H20IN3O6/c1-35-22-12-16(10-18(14-28)25(32)30-20-9-5-6-17(13-20)26(33)34)11-21(27)24(22)36-15-23(31)29-19-7-3-2-4-8-19/h2-13H,15H2,1H3,(H,29,31)(H,30,32)(H,33,34)/b18-10-. The molecule has 0 aliphatic rings. The van der Waals surface area contributed by atoms with Gasteiger partial charge in [-0.1, -0.05) is 24.3 Å². The molecule has 182 valence electrons. The van der Waals surface area contributed by atoms with Crippen LogP contribution in [0.25, 0.3) is 6.08 Å². The summed E-state index contributed by atoms with van der Waals surface area (Å²) in [5, 5.41) is 23.9. The van der Waals surface area contributed by atoms with Crippen molar-refractivity contribution < 1.29 is 29.0 Å². The van der Waals surface area contributed by atoms with Crippen LogP contribution in [0.15, 0.2) is 72.3 Å². The van der Waals surface area contributed by atoms with Crippen molar-refractivity contribution in [3.63, 3.8) is 0 Å². The first kappa shape index (κ1) is 26.2. The Morgan fingerprint density at radius 3 is 2.42 bits per heavy atom. The molecular weight excluding hydrogens is 577 g/mol. The van der Waals surface area contributed by atoms with Crippen LogP contribution in [0.5, 0.6) is 11.5 Å². The van der Waals surface area contributed by atoms with E-state index in [0.717, 1.165) is 0 Å². The van der Waals surface area contributed by atoms with Crippen LogP contribution in [0, 0.1) is 14.9 Å². The third-order valence-corrected chi connectivity index (χ3v) is 5.50. The number of halogens is 1. The Labute approximate surface area is 220 Å². The third kappa shape index (κ3) is 7.07. The second-order valence-corrected chi connectivity index (χ2v) is 8.41. The number of nitrogens with one attached hydrogen (secondary N) is 2. The Balaban J connectivity index is 1.75. The minimum atomic E-state index is -1.14. The highest BCUT2D eigenvalue weighted by molar-refractivity contribution is 14.1. The normalized spacial score (nSPS) is 10.6. The van der Waals surface area contributed by atoms with Gasteiger partial charge in [-0.2, -0.15) is 5.26 Å². The predicted octanol–water partition coefficient (Wildman–Crippen LogP) is 4.56. The number of nitrogens with zero attached hydrogens (tertiary/aromatic N) is 1. The van der Waals surface area contributed by atoms with Gasteiger partial charge in [-0.15, -0.1) is 0 Å². The number of ether oxygens (including phenoxy) is 2. The fourth-order valence-electron chi connectivity index (χ4n) is 3.06. The van der Waals surface area contributed by atoms with E-state index in [4.69, 9.17) is 14.6 Å². The molecule has 0 heterocycles. The monoisotopic (exact) mass is 597 g/mol. The SMILES string of the molecule is COc1cc(/C=C(/C#N)C(=O)Nc2cccc(C(=O)O)c2)cc(I)c1OCC(=O)Nc1ccccc1. The Hall–Kier alpha value is -4.37. The number of nitriles is 1. The number of hydrogen-bond donors (Lipinski definition) is 3. The average Bonchev–Trinajstić information content (AvgIpc) is 2.86. The molecule has 3 aromatic rings. The van der Waals surface area contributed by atoms with Gasteiger partial charge in [0, 0.05) is 11.4 Å². The molecule has 3 aromatic carbocycles. The van der Waals surface area contributed by atoms with Crippen molar-refractivity contribution in [2.75, 3.05) is 24.4 Å². The lowest BCUT2D eigenvalue weighted by atomic mass is 10.1. The molecule has 0 radical (unpaired) electrons. The highest BCUT2D eigenvalue weighted by Crippen LogP contribution is 2.34. The molecule has 0 fully saturated rings. The van der Waals surface area contributed by atoms with Crippen molar-refractivity contribution in [2.45, 2.75) is 0 Å². The summed E-state index contributed by atoms with van der Waals surface area (Å²) >= 11 is 2.00. The van der Waals surface area contributed by atoms with Gasteiger partial charge in [-0.3, -0.25) is 9.59 Å². The van der Waals surface area contributed by atoms with Gasteiger partial charge in [-0.05, 0) is 76.7 Å². The van der Waals surface area contributed by atoms with Gasteiger partial charge in [0.15, 0.2) is 18.1 Å². The first-order chi connectivity index (χ1) is 17.3. The van der Waals surface area contributed by atoms with Gasteiger partial charge in [0.2, 0.25) is 0 Å². The van der Waals surface area contributed by atoms with Gasteiger partial charge in [-0.25, -0.2) is 4.79 Å². The summed E-state index contributed by atoms with van der Waals surface area (Å²) in [4.78, 5) is 36.0. The molecule has 0 aliphatic heterocycles. The van der Waals surface area contributed by atoms with E-state index in [-0.39, 0.29) is 29.3 Å². The number of carbonyl (C=O) groups is 3. The second kappa shape index (κ2) is 12.4. The van der Waals surface area contributed by atoms with Crippen molar-refractivity contribution in [2.24, 2.45) is 0 Å². The summed E-state index contributed by atoms with van der Waals surface area (Å²) in [6.07, 6.45) is 1.37. The van der Waals surface area contributed by atoms with Crippen LogP contribution in [-0.2, 0) is 9.59 Å². The highest BCUT2D eigenvalue weighted by Gasteiger charge is 2.16. The van der Waals surface area contributed by atoms with E-state index in [1.54, 1.807) is 36.4 Å². The maximum absolute atomic E-state index is 12.6. The molecule has 0 atom stereocenters. The number of hydrogen-bond acceptors (Lipinski definition) is 6. The quantitative estimate of drug-likeness (QED) is 0.187. The van der Waals surface area contributed by atoms with Crippen LogP contribution in [0.1, 0.15) is 15.9 Å². The van der Waals surface area contributed by atoms with E-state index in [2.05, 4.69) is 10.6 Å². The van der Waals surface area contributed by atoms with Crippen LogP contribution in [0.2, 0.25) is 0 Å². The van der Waals surface area contributed by atoms with E-state index in [1.165, 1.54) is 37.5 Å². The topological polar surface area (TPSA) is 138 Å². The summed E-state index contributed by atoms with van der Waals surface area (Å²) in [6, 6.07) is 19.7. The van der Waals surface area contributed by atoms with Crippen molar-refractivity contribution in [3.05, 3.63) is 87.0 Å². The van der Waals surface area contributed by atoms with Gasteiger partial charge in [0.1, 0.15) is 11.6 Å². The summed E-state index contributed by atoms with van der Waals surface area (Å²) in [7, 11) is 1.43. The Kier molecular flexibility index (Phi) is 9.01. The lowest BCUT2D eigenvalue weighted by molar-refractivity contribution is -0.118. The number of benzene rings is 3. The lowest BCUT2D eigenvalue weighted by Gasteiger charge is -2.14. The van der Waals surface area contributed by atoms with E-state index in [0.29, 0.717) is 26.3 Å². The number of carbonyl (C=O) groups excluding carboxylic acids is 2. The van der Waals surface area contributed by atoms with Crippen molar-refractivity contribution in [1.29, 1.82) is 5.26 Å². The van der Waals surface area contributed by atoms with Crippen LogP contribution in [0.3, 0.4) is 0 Å². The van der Waals surface area contributed by atoms with Gasteiger partial charge in [0.05, 0.1) is 16.2 Å². The molecule has 0 aromatic heterocycles. The summed E-state index contributed by atoms with van der Waals surface area (Å²) in [6.45, 7) is -0.252. The molecular formula is C26H20IN3O6. The second-order valence-electron chi connectivity index (χ2n) is 7.25. The van der Waals surface area contributed by atoms with E-state index in [9.17, 15) is 19.6 Å². The minimum Gasteiger partial charge on any atom is -0.493 e. The number of methoxy groups -OCH3 is 1. The maximum atomic E-state index is 12.6. The molecule has 0 bridgehead atoms. The summed E-state index contributed by atoms with van der Waals surface area (Å²) in [5.41, 5.74) is 1.17. The Bertz CT molecular complexity index is 1370. The number of aromatic carboxylic acids is 1. The average molecular weight is 597 g/mol. The first-order valence-electron chi connectivity index (χ1n) is 10.4. The molecule has 0 unspecified atom stereocenters. The number of para-hydroxylation sites is 1. The number of anilines is 2. The van der Waals surface area contributed by atoms with Crippen molar-refractivity contribution in [1.82, 2.24) is 0 Å². The lowest BCUT2D eigenvalue weighted by Crippen LogP contribution is -2.20. The van der Waals surface area contributed by atoms with Crippen LogP contribution in [-0.4, -0.2) is 36.6 Å². The first-order valence-corrected chi connectivity index (χ1v) is 11.5. The zero-order valence-electron chi connectivity index (χ0n) is 18.9. The van der Waals surface area contributed by atoms with Crippen LogP contribution < -0.4 is 20.1 Å². The molecule has 0 aliphatic carbocycles. The number of amides is 2. The number of carboxylic acids is 1. The Morgan fingerprint density at radius 1 is 1.03 bits per heavy atom. The molecule has 3 rings (SSSR count). The minimum absolute atomic E-state index is 0.00242. The smallest absolute Gasteiger partial charge is 0.335 e. The summed E-state index contributed by atoms with van der Waals surface area (Å²) < 4.78 is 11.7. The largest absolute Gasteiger partial charge is 0.493 e. The van der Waals surface area contributed by atoms with Gasteiger partial charge < -0.3 is 25.2 Å². The zero-order valence-corrected chi connectivity index (χ0v) is 21.1. The number of rotatable bonds is 9. The van der Waals surface area contributed by atoms with E-state index < -0.39 is 11.9 Å². The molecule has 0 spiro atoms. The molecule has 36 heavy (non-hydrogen) atoms. The van der Waals surface area contributed by atoms with E-state index in [1.807, 2.05) is 34.7 Å². The van der Waals surface area contributed by atoms with Crippen molar-refractivity contribution in [3.8, 4) is 17.6 Å². The molecule has 0 saturated heterocycles. The van der Waals surface area contributed by atoms with Crippen LogP contribution >= 0.6 is 22.6 Å². The molecule has 0 saturated carbocycles. The van der Waals surface area contributed by atoms with Crippen molar-refractivity contribution >= 4 is 57.8 Å². The zero-order chi connectivity index (χ0) is 26.1. The fraction of sp³-hybridized carbons (Fsp3) is 0.0769. The Morgan fingerprint density at radius 2 is 1.75 bits per heavy atom. The van der Waals surface area contributed by atoms with Gasteiger partial charge in [0.25, 0.3) is 11.8 Å². The molecule has 3 N–H and O–H groups in total. The fourth-order valence-corrected chi connectivity index (χ4v) is 3.84.